The third-order valence-corrected chi connectivity index (χ3v) is 4.04. The topological polar surface area (TPSA) is 99.3 Å². The number of nitrogens with one attached hydrogen (secondary N) is 2. The predicted octanol–water partition coefficient (Wildman–Crippen LogP) is -0.868. The van der Waals surface area contributed by atoms with Crippen molar-refractivity contribution in [1.29, 1.82) is 0 Å². The molecule has 1 amide bonds. The van der Waals surface area contributed by atoms with Gasteiger partial charge in [-0.1, -0.05) is 0 Å². The van der Waals surface area contributed by atoms with Crippen molar-refractivity contribution in [1.82, 2.24) is 14.6 Å². The maximum atomic E-state index is 12.0. The summed E-state index contributed by atoms with van der Waals surface area (Å²) in [7, 11) is -2.71. The molecule has 0 unspecified atom stereocenters. The van der Waals surface area contributed by atoms with E-state index in [1.807, 2.05) is 0 Å². The molecule has 1 aromatic heterocycles. The zero-order valence-electron chi connectivity index (χ0n) is 10.1. The number of rotatable bonds is 5. The molecule has 0 atom stereocenters. The van der Waals surface area contributed by atoms with Crippen LogP contribution in [0.15, 0.2) is 28.2 Å². The van der Waals surface area contributed by atoms with Gasteiger partial charge in [-0.25, -0.2) is 8.42 Å². The average molecular weight is 273 g/mol. The molecule has 7 nitrogen and oxygen atoms in total. The first-order valence-corrected chi connectivity index (χ1v) is 6.73. The van der Waals surface area contributed by atoms with E-state index in [1.165, 1.54) is 13.2 Å². The first-order valence-electron chi connectivity index (χ1n) is 5.29. The molecule has 8 heteroatoms. The van der Waals surface area contributed by atoms with Crippen molar-refractivity contribution in [3.8, 4) is 0 Å². The average Bonchev–Trinajstić information content (AvgIpc) is 2.29. The summed E-state index contributed by atoms with van der Waals surface area (Å²) in [6, 6.07) is 1.12. The van der Waals surface area contributed by atoms with Crippen LogP contribution in [0.4, 0.5) is 0 Å². The third-order valence-electron chi connectivity index (χ3n) is 2.22. The molecular formula is C10H15N3O4S. The maximum absolute atomic E-state index is 12.0. The number of hydrogen-bond acceptors (Lipinski definition) is 4. The molecule has 0 saturated heterocycles. The molecule has 0 radical (unpaired) electrons. The van der Waals surface area contributed by atoms with Crippen molar-refractivity contribution in [2.75, 3.05) is 20.1 Å². The molecule has 0 fully saturated rings. The molecule has 1 aromatic rings. The largest absolute Gasteiger partial charge is 0.366 e. The molecular weight excluding hydrogens is 258 g/mol. The molecule has 0 aliphatic rings. The Bertz CT molecular complexity index is 579. The number of nitrogens with zero attached hydrogens (tertiary/aromatic N) is 1. The van der Waals surface area contributed by atoms with Crippen LogP contribution in [0.1, 0.15) is 6.92 Å². The predicted molar refractivity (Wildman–Crippen MR) is 65.6 cm³/mol. The monoisotopic (exact) mass is 273 g/mol. The Morgan fingerprint density at radius 3 is 2.72 bits per heavy atom. The van der Waals surface area contributed by atoms with Crippen molar-refractivity contribution < 1.29 is 13.2 Å². The van der Waals surface area contributed by atoms with Gasteiger partial charge in [0.25, 0.3) is 0 Å². The van der Waals surface area contributed by atoms with Crippen LogP contribution < -0.4 is 10.7 Å². The van der Waals surface area contributed by atoms with Crippen LogP contribution in [0.25, 0.3) is 0 Å². The van der Waals surface area contributed by atoms with Gasteiger partial charge >= 0.3 is 0 Å². The molecule has 18 heavy (non-hydrogen) atoms. The van der Waals surface area contributed by atoms with E-state index >= 15 is 0 Å². The quantitative estimate of drug-likeness (QED) is 0.728. The van der Waals surface area contributed by atoms with Gasteiger partial charge in [-0.2, -0.15) is 4.31 Å². The van der Waals surface area contributed by atoms with Crippen molar-refractivity contribution in [2.45, 2.75) is 11.8 Å². The lowest BCUT2D eigenvalue weighted by Crippen LogP contribution is -2.39. The van der Waals surface area contributed by atoms with Crippen molar-refractivity contribution in [2.24, 2.45) is 0 Å². The summed E-state index contributed by atoms with van der Waals surface area (Å²) in [6.07, 6.45) is 2.44. The normalized spacial score (nSPS) is 11.5. The number of carbonyl (C=O) groups is 1. The third kappa shape index (κ3) is 3.17. The minimum absolute atomic E-state index is 0.329. The number of sulfonamides is 1. The van der Waals surface area contributed by atoms with Crippen LogP contribution in [0.2, 0.25) is 0 Å². The van der Waals surface area contributed by atoms with E-state index in [1.54, 1.807) is 6.92 Å². The van der Waals surface area contributed by atoms with E-state index in [4.69, 9.17) is 0 Å². The van der Waals surface area contributed by atoms with Crippen molar-refractivity contribution >= 4 is 15.9 Å². The number of likely N-dealkylation sites (N-methyl/N-ethyl adjacent to an activating group) is 2. The molecule has 0 saturated carbocycles. The molecule has 1 heterocycles. The Morgan fingerprint density at radius 2 is 2.17 bits per heavy atom. The molecule has 0 spiro atoms. The van der Waals surface area contributed by atoms with E-state index in [0.717, 1.165) is 16.6 Å². The van der Waals surface area contributed by atoms with Crippen LogP contribution in [0, 0.1) is 0 Å². The van der Waals surface area contributed by atoms with Gasteiger partial charge < -0.3 is 10.3 Å². The lowest BCUT2D eigenvalue weighted by molar-refractivity contribution is -0.121. The van der Waals surface area contributed by atoms with Crippen LogP contribution in [0.3, 0.4) is 0 Å². The van der Waals surface area contributed by atoms with Crippen molar-refractivity contribution in [3.63, 3.8) is 0 Å². The fourth-order valence-electron chi connectivity index (χ4n) is 1.31. The van der Waals surface area contributed by atoms with Crippen LogP contribution >= 0.6 is 0 Å². The van der Waals surface area contributed by atoms with Gasteiger partial charge in [0.2, 0.25) is 21.4 Å². The number of amides is 1. The van der Waals surface area contributed by atoms with Gasteiger partial charge in [-0.3, -0.25) is 9.59 Å². The zero-order valence-corrected chi connectivity index (χ0v) is 11.0. The molecule has 0 aliphatic carbocycles. The lowest BCUT2D eigenvalue weighted by atomic mass is 10.5. The number of hydrogen-bond donors (Lipinski definition) is 2. The molecule has 100 valence electrons. The Hall–Kier alpha value is -1.67. The van der Waals surface area contributed by atoms with Gasteiger partial charge in [0.15, 0.2) is 0 Å². The summed E-state index contributed by atoms with van der Waals surface area (Å²) in [4.78, 5) is 24.9. The maximum Gasteiger partial charge on any atom is 0.248 e. The number of H-pyrrole nitrogens is 1. The first-order chi connectivity index (χ1) is 8.39. The molecule has 1 rings (SSSR count). The second-order valence-corrected chi connectivity index (χ2v) is 5.60. The van der Waals surface area contributed by atoms with Gasteiger partial charge in [0.1, 0.15) is 4.90 Å². The highest BCUT2D eigenvalue weighted by Gasteiger charge is 2.25. The second-order valence-electron chi connectivity index (χ2n) is 3.59. The highest BCUT2D eigenvalue weighted by Crippen LogP contribution is 2.07. The number of carbonyl (C=O) groups excluding carboxylic acids is 1. The summed E-state index contributed by atoms with van der Waals surface area (Å²) in [5.74, 6) is -0.420. The Balaban J connectivity index is 2.98. The highest BCUT2D eigenvalue weighted by atomic mass is 32.2. The highest BCUT2D eigenvalue weighted by molar-refractivity contribution is 7.89. The SMILES string of the molecule is CCNC(=O)CN(C)S(=O)(=O)c1c[nH]ccc1=O. The minimum Gasteiger partial charge on any atom is -0.366 e. The summed E-state index contributed by atoms with van der Waals surface area (Å²) in [5, 5.41) is 2.48. The van der Waals surface area contributed by atoms with Crippen LogP contribution in [-0.2, 0) is 14.8 Å². The fourth-order valence-corrected chi connectivity index (χ4v) is 2.47. The Morgan fingerprint density at radius 1 is 1.50 bits per heavy atom. The molecule has 2 N–H and O–H groups in total. The van der Waals surface area contributed by atoms with Gasteiger partial charge in [-0.15, -0.1) is 0 Å². The summed E-state index contributed by atoms with van der Waals surface area (Å²) < 4.78 is 24.9. The van der Waals surface area contributed by atoms with Crippen molar-refractivity contribution in [3.05, 3.63) is 28.7 Å². The van der Waals surface area contributed by atoms with Gasteiger partial charge in [0, 0.05) is 32.1 Å². The number of pyridine rings is 1. The van der Waals surface area contributed by atoms with Crippen LogP contribution in [0.5, 0.6) is 0 Å². The van der Waals surface area contributed by atoms with E-state index in [-0.39, 0.29) is 11.4 Å². The molecule has 0 bridgehead atoms. The van der Waals surface area contributed by atoms with E-state index in [9.17, 15) is 18.0 Å². The summed E-state index contributed by atoms with van der Waals surface area (Å²) in [5.41, 5.74) is -0.614. The molecule has 0 aliphatic heterocycles. The first kappa shape index (κ1) is 14.4. The lowest BCUT2D eigenvalue weighted by Gasteiger charge is -2.15. The Kier molecular flexibility index (Phi) is 4.62. The van der Waals surface area contributed by atoms with E-state index < -0.39 is 21.4 Å². The second kappa shape index (κ2) is 5.78. The smallest absolute Gasteiger partial charge is 0.248 e. The van der Waals surface area contributed by atoms with Crippen LogP contribution in [-0.4, -0.2) is 43.8 Å². The number of aromatic nitrogens is 1. The summed E-state index contributed by atoms with van der Waals surface area (Å²) >= 11 is 0. The fraction of sp³-hybridized carbons (Fsp3) is 0.400. The van der Waals surface area contributed by atoms with Gasteiger partial charge in [-0.05, 0) is 6.92 Å². The molecule has 0 aromatic carbocycles. The summed E-state index contributed by atoms with van der Waals surface area (Å²) in [6.45, 7) is 1.82. The Labute approximate surface area is 105 Å². The minimum atomic E-state index is -3.95. The standard InChI is InChI=1S/C10H15N3O4S/c1-3-12-10(15)7-13(2)18(16,17)9-6-11-5-4-8(9)14/h4-6H,3,7H2,1-2H3,(H,11,14)(H,12,15). The van der Waals surface area contributed by atoms with E-state index in [0.29, 0.717) is 6.54 Å². The van der Waals surface area contributed by atoms with E-state index in [2.05, 4.69) is 10.3 Å². The number of aromatic amines is 1. The zero-order chi connectivity index (χ0) is 13.8. The van der Waals surface area contributed by atoms with Gasteiger partial charge in [0.05, 0.1) is 6.54 Å².